The number of aliphatic hydroxyl groups excluding tert-OH is 2. The minimum absolute atomic E-state index is 0.481. The standard InChI is InChI=1S/C6H10N2O4/c9-3-7-5(11)1-2-6(12)8-4-10/h1-2,9-10H,3-4H2,(H,7,11)(H,8,12)/b2-1+. The maximum absolute atomic E-state index is 10.6. The molecule has 0 bridgehead atoms. The average Bonchev–Trinajstić information content (AvgIpc) is 2.02. The summed E-state index contributed by atoms with van der Waals surface area (Å²) >= 11 is 0. The van der Waals surface area contributed by atoms with E-state index < -0.39 is 25.3 Å². The number of nitrogens with one attached hydrogen (secondary N) is 2. The first-order chi connectivity index (χ1) is 5.70. The van der Waals surface area contributed by atoms with Crippen molar-refractivity contribution in [1.29, 1.82) is 0 Å². The summed E-state index contributed by atoms with van der Waals surface area (Å²) in [7, 11) is 0. The van der Waals surface area contributed by atoms with Crippen LogP contribution in [-0.4, -0.2) is 35.5 Å². The van der Waals surface area contributed by atoms with Gasteiger partial charge in [0.1, 0.15) is 13.5 Å². The average molecular weight is 174 g/mol. The van der Waals surface area contributed by atoms with E-state index in [1.807, 2.05) is 10.6 Å². The summed E-state index contributed by atoms with van der Waals surface area (Å²) in [5.74, 6) is -1.16. The molecule has 0 heterocycles. The summed E-state index contributed by atoms with van der Waals surface area (Å²) in [4.78, 5) is 21.1. The van der Waals surface area contributed by atoms with Crippen LogP contribution in [-0.2, 0) is 9.59 Å². The van der Waals surface area contributed by atoms with Crippen LogP contribution in [0, 0.1) is 0 Å². The molecule has 0 aromatic heterocycles. The Hall–Kier alpha value is -1.40. The predicted molar refractivity (Wildman–Crippen MR) is 39.6 cm³/mol. The van der Waals surface area contributed by atoms with E-state index in [4.69, 9.17) is 10.2 Å². The van der Waals surface area contributed by atoms with Gasteiger partial charge in [-0.15, -0.1) is 0 Å². The van der Waals surface area contributed by atoms with Crippen molar-refractivity contribution in [3.8, 4) is 0 Å². The van der Waals surface area contributed by atoms with Crippen LogP contribution in [0.15, 0.2) is 12.2 Å². The Morgan fingerprint density at radius 1 is 1.00 bits per heavy atom. The van der Waals surface area contributed by atoms with Gasteiger partial charge in [0.2, 0.25) is 11.8 Å². The van der Waals surface area contributed by atoms with Crippen LogP contribution in [0.3, 0.4) is 0 Å². The first kappa shape index (κ1) is 10.6. The highest BCUT2D eigenvalue weighted by molar-refractivity contribution is 5.96. The molecule has 0 aliphatic rings. The third-order valence-corrected chi connectivity index (χ3v) is 0.893. The Labute approximate surface area is 68.9 Å². The fourth-order valence-electron chi connectivity index (χ4n) is 0.425. The smallest absolute Gasteiger partial charge is 0.245 e. The van der Waals surface area contributed by atoms with Gasteiger partial charge in [-0.25, -0.2) is 0 Å². The molecule has 12 heavy (non-hydrogen) atoms. The molecule has 4 N–H and O–H groups in total. The van der Waals surface area contributed by atoms with Crippen LogP contribution in [0.4, 0.5) is 0 Å². The Bertz CT molecular complexity index is 170. The summed E-state index contributed by atoms with van der Waals surface area (Å²) < 4.78 is 0. The van der Waals surface area contributed by atoms with Crippen molar-refractivity contribution in [3.63, 3.8) is 0 Å². The highest BCUT2D eigenvalue weighted by Gasteiger charge is 1.94. The van der Waals surface area contributed by atoms with Crippen LogP contribution < -0.4 is 10.6 Å². The van der Waals surface area contributed by atoms with E-state index in [0.29, 0.717) is 0 Å². The number of carbonyl (C=O) groups excluding carboxylic acids is 2. The molecule has 68 valence electrons. The SMILES string of the molecule is O=C(/C=C/C(=O)NCO)NCO. The molecule has 0 spiro atoms. The number of hydrogen-bond acceptors (Lipinski definition) is 4. The lowest BCUT2D eigenvalue weighted by molar-refractivity contribution is -0.119. The zero-order valence-corrected chi connectivity index (χ0v) is 6.28. The van der Waals surface area contributed by atoms with Gasteiger partial charge in [0.05, 0.1) is 0 Å². The van der Waals surface area contributed by atoms with E-state index in [1.54, 1.807) is 0 Å². The molecule has 0 saturated heterocycles. The van der Waals surface area contributed by atoms with E-state index >= 15 is 0 Å². The third kappa shape index (κ3) is 5.39. The van der Waals surface area contributed by atoms with Gasteiger partial charge in [-0.2, -0.15) is 0 Å². The molecular weight excluding hydrogens is 164 g/mol. The lowest BCUT2D eigenvalue weighted by Crippen LogP contribution is -2.24. The molecule has 0 atom stereocenters. The number of hydrogen-bond donors (Lipinski definition) is 4. The summed E-state index contributed by atoms with van der Waals surface area (Å²) in [5, 5.41) is 20.5. The zero-order valence-electron chi connectivity index (χ0n) is 6.28. The predicted octanol–water partition coefficient (Wildman–Crippen LogP) is -2.33. The minimum Gasteiger partial charge on any atom is -0.376 e. The maximum Gasteiger partial charge on any atom is 0.245 e. The molecular formula is C6H10N2O4. The van der Waals surface area contributed by atoms with Crippen LogP contribution in [0.2, 0.25) is 0 Å². The third-order valence-electron chi connectivity index (χ3n) is 0.893. The first-order valence-corrected chi connectivity index (χ1v) is 3.16. The van der Waals surface area contributed by atoms with Crippen LogP contribution in [0.5, 0.6) is 0 Å². The van der Waals surface area contributed by atoms with E-state index in [0.717, 1.165) is 12.2 Å². The first-order valence-electron chi connectivity index (χ1n) is 3.16. The largest absolute Gasteiger partial charge is 0.376 e. The molecule has 0 aromatic carbocycles. The van der Waals surface area contributed by atoms with Gasteiger partial charge in [0.25, 0.3) is 0 Å². The number of aliphatic hydroxyl groups is 2. The van der Waals surface area contributed by atoms with Gasteiger partial charge >= 0.3 is 0 Å². The molecule has 0 radical (unpaired) electrons. The summed E-state index contributed by atoms with van der Waals surface area (Å²) in [6.45, 7) is -0.963. The monoisotopic (exact) mass is 174 g/mol. The highest BCUT2D eigenvalue weighted by Crippen LogP contribution is 1.73. The number of amides is 2. The van der Waals surface area contributed by atoms with Crippen molar-refractivity contribution in [2.45, 2.75) is 0 Å². The van der Waals surface area contributed by atoms with E-state index in [9.17, 15) is 9.59 Å². The molecule has 6 heteroatoms. The van der Waals surface area contributed by atoms with Crippen LogP contribution >= 0.6 is 0 Å². The van der Waals surface area contributed by atoms with E-state index in [-0.39, 0.29) is 0 Å². The summed E-state index contributed by atoms with van der Waals surface area (Å²) in [6.07, 6.45) is 1.89. The van der Waals surface area contributed by atoms with Gasteiger partial charge in [-0.05, 0) is 0 Å². The molecule has 0 unspecified atom stereocenters. The molecule has 0 aromatic rings. The van der Waals surface area contributed by atoms with Crippen molar-refractivity contribution in [2.24, 2.45) is 0 Å². The molecule has 0 aliphatic carbocycles. The zero-order chi connectivity index (χ0) is 9.40. The molecule has 6 nitrogen and oxygen atoms in total. The normalized spacial score (nSPS) is 9.83. The maximum atomic E-state index is 10.6. The van der Waals surface area contributed by atoms with Crippen molar-refractivity contribution < 1.29 is 19.8 Å². The minimum atomic E-state index is -0.578. The Morgan fingerprint density at radius 2 is 1.33 bits per heavy atom. The summed E-state index contributed by atoms with van der Waals surface area (Å²) in [5.41, 5.74) is 0. The lowest BCUT2D eigenvalue weighted by atomic mass is 10.4. The molecule has 0 fully saturated rings. The van der Waals surface area contributed by atoms with Gasteiger partial charge in [0, 0.05) is 12.2 Å². The Kier molecular flexibility index (Phi) is 5.58. The second kappa shape index (κ2) is 6.32. The summed E-state index contributed by atoms with van der Waals surface area (Å²) in [6, 6.07) is 0. The van der Waals surface area contributed by atoms with E-state index in [2.05, 4.69) is 0 Å². The van der Waals surface area contributed by atoms with Gasteiger partial charge in [-0.1, -0.05) is 0 Å². The molecule has 0 aliphatic heterocycles. The highest BCUT2D eigenvalue weighted by atomic mass is 16.3. The number of rotatable bonds is 4. The second-order valence-electron chi connectivity index (χ2n) is 1.73. The van der Waals surface area contributed by atoms with Crippen LogP contribution in [0.1, 0.15) is 0 Å². The van der Waals surface area contributed by atoms with Crippen molar-refractivity contribution in [1.82, 2.24) is 10.6 Å². The Morgan fingerprint density at radius 3 is 1.58 bits per heavy atom. The fraction of sp³-hybridized carbons (Fsp3) is 0.333. The van der Waals surface area contributed by atoms with Crippen molar-refractivity contribution >= 4 is 11.8 Å². The van der Waals surface area contributed by atoms with Crippen molar-refractivity contribution in [2.75, 3.05) is 13.5 Å². The van der Waals surface area contributed by atoms with E-state index in [1.165, 1.54) is 0 Å². The fourth-order valence-corrected chi connectivity index (χ4v) is 0.425. The van der Waals surface area contributed by atoms with Crippen molar-refractivity contribution in [3.05, 3.63) is 12.2 Å². The number of carbonyl (C=O) groups is 2. The second-order valence-corrected chi connectivity index (χ2v) is 1.73. The molecule has 0 saturated carbocycles. The quantitative estimate of drug-likeness (QED) is 0.284. The molecule has 2 amide bonds. The Balaban J connectivity index is 3.73. The van der Waals surface area contributed by atoms with Crippen LogP contribution in [0.25, 0.3) is 0 Å². The van der Waals surface area contributed by atoms with Gasteiger partial charge in [-0.3, -0.25) is 9.59 Å². The van der Waals surface area contributed by atoms with Gasteiger partial charge < -0.3 is 20.8 Å². The topological polar surface area (TPSA) is 98.7 Å². The van der Waals surface area contributed by atoms with Gasteiger partial charge in [0.15, 0.2) is 0 Å². The molecule has 0 rings (SSSR count). The lowest BCUT2D eigenvalue weighted by Gasteiger charge is -1.95.